The van der Waals surface area contributed by atoms with E-state index in [0.717, 1.165) is 33.7 Å². The molecular weight excluding hydrogens is 248 g/mol. The zero-order valence-electron chi connectivity index (χ0n) is 11.4. The molecular formula is C16H16N4. The number of hydrogen-bond acceptors (Lipinski definition) is 3. The first-order chi connectivity index (χ1) is 9.72. The fraction of sp³-hybridized carbons (Fsp3) is 0.250. The van der Waals surface area contributed by atoms with Crippen molar-refractivity contribution in [3.05, 3.63) is 42.4 Å². The van der Waals surface area contributed by atoms with E-state index in [1.807, 2.05) is 31.5 Å². The number of benzene rings is 1. The van der Waals surface area contributed by atoms with E-state index in [2.05, 4.69) is 26.7 Å². The first kappa shape index (κ1) is 11.5. The first-order valence-electron chi connectivity index (χ1n) is 6.92. The molecule has 0 saturated heterocycles. The summed E-state index contributed by atoms with van der Waals surface area (Å²) in [6.45, 7) is 2.00. The standard InChI is InChI=1S/C16H16N4/c1-10-2-3-11-8-12(4-7-14(11)19-10)15-16(17)20(9-18-15)13-5-6-13/h2-4,7-9,13H,5-6,17H2,1H3. The summed E-state index contributed by atoms with van der Waals surface area (Å²) < 4.78 is 2.09. The third kappa shape index (κ3) is 1.76. The van der Waals surface area contributed by atoms with Crippen LogP contribution in [0.5, 0.6) is 0 Å². The molecule has 0 radical (unpaired) electrons. The minimum absolute atomic E-state index is 0.557. The molecule has 100 valence electrons. The molecule has 1 fully saturated rings. The van der Waals surface area contributed by atoms with Crippen LogP contribution < -0.4 is 5.73 Å². The fourth-order valence-corrected chi connectivity index (χ4v) is 2.61. The number of rotatable bonds is 2. The molecule has 0 aliphatic heterocycles. The molecule has 0 unspecified atom stereocenters. The number of anilines is 1. The number of aromatic nitrogens is 3. The zero-order valence-corrected chi connectivity index (χ0v) is 11.4. The first-order valence-corrected chi connectivity index (χ1v) is 6.92. The maximum absolute atomic E-state index is 6.23. The maximum atomic E-state index is 6.23. The van der Waals surface area contributed by atoms with Crippen LogP contribution in [-0.4, -0.2) is 14.5 Å². The fourth-order valence-electron chi connectivity index (χ4n) is 2.61. The van der Waals surface area contributed by atoms with Crippen LogP contribution >= 0.6 is 0 Å². The second kappa shape index (κ2) is 4.07. The van der Waals surface area contributed by atoms with Crippen molar-refractivity contribution < 1.29 is 0 Å². The summed E-state index contributed by atoms with van der Waals surface area (Å²) in [5.41, 5.74) is 10.2. The topological polar surface area (TPSA) is 56.7 Å². The van der Waals surface area contributed by atoms with Gasteiger partial charge in [0.2, 0.25) is 0 Å². The number of imidazole rings is 1. The summed E-state index contributed by atoms with van der Waals surface area (Å²) in [5.74, 6) is 0.770. The van der Waals surface area contributed by atoms with Crippen molar-refractivity contribution >= 4 is 16.7 Å². The predicted octanol–water partition coefficient (Wildman–Crippen LogP) is 3.32. The molecule has 1 aromatic carbocycles. The number of fused-ring (bicyclic) bond motifs is 1. The van der Waals surface area contributed by atoms with Gasteiger partial charge in [-0.1, -0.05) is 12.1 Å². The Kier molecular flexibility index (Phi) is 2.33. The molecule has 4 heteroatoms. The van der Waals surface area contributed by atoms with Gasteiger partial charge in [0.25, 0.3) is 0 Å². The van der Waals surface area contributed by atoms with Gasteiger partial charge in [0, 0.05) is 22.7 Å². The molecule has 0 bridgehead atoms. The third-order valence-corrected chi connectivity index (χ3v) is 3.87. The lowest BCUT2D eigenvalue weighted by Gasteiger charge is -2.05. The van der Waals surface area contributed by atoms with Gasteiger partial charge < -0.3 is 10.3 Å². The molecule has 3 aromatic rings. The van der Waals surface area contributed by atoms with Crippen molar-refractivity contribution in [1.29, 1.82) is 0 Å². The Hall–Kier alpha value is -2.36. The van der Waals surface area contributed by atoms with Crippen molar-refractivity contribution in [2.45, 2.75) is 25.8 Å². The second-order valence-electron chi connectivity index (χ2n) is 5.48. The van der Waals surface area contributed by atoms with Gasteiger partial charge in [-0.2, -0.15) is 0 Å². The van der Waals surface area contributed by atoms with Crippen LogP contribution in [0.4, 0.5) is 5.82 Å². The molecule has 2 N–H and O–H groups in total. The number of nitrogen functional groups attached to an aromatic ring is 1. The number of nitrogens with two attached hydrogens (primary N) is 1. The van der Waals surface area contributed by atoms with Gasteiger partial charge in [-0.05, 0) is 38.0 Å². The highest BCUT2D eigenvalue weighted by Crippen LogP contribution is 2.39. The van der Waals surface area contributed by atoms with Crippen molar-refractivity contribution in [2.75, 3.05) is 5.73 Å². The van der Waals surface area contributed by atoms with Crippen LogP contribution in [-0.2, 0) is 0 Å². The van der Waals surface area contributed by atoms with Crippen LogP contribution in [0, 0.1) is 6.92 Å². The average molecular weight is 264 g/mol. The van der Waals surface area contributed by atoms with Gasteiger partial charge in [-0.25, -0.2) is 4.98 Å². The maximum Gasteiger partial charge on any atom is 0.131 e. The van der Waals surface area contributed by atoms with E-state index >= 15 is 0 Å². The molecule has 20 heavy (non-hydrogen) atoms. The zero-order chi connectivity index (χ0) is 13.7. The molecule has 2 heterocycles. The van der Waals surface area contributed by atoms with E-state index in [9.17, 15) is 0 Å². The Bertz CT molecular complexity index is 799. The smallest absolute Gasteiger partial charge is 0.131 e. The molecule has 0 spiro atoms. The lowest BCUT2D eigenvalue weighted by molar-refractivity contribution is 0.751. The number of aryl methyl sites for hydroxylation is 1. The minimum Gasteiger partial charge on any atom is -0.383 e. The van der Waals surface area contributed by atoms with Crippen molar-refractivity contribution in [3.63, 3.8) is 0 Å². The Labute approximate surface area is 117 Å². The van der Waals surface area contributed by atoms with Gasteiger partial charge in [0.05, 0.1) is 11.8 Å². The second-order valence-corrected chi connectivity index (χ2v) is 5.48. The highest BCUT2D eigenvalue weighted by Gasteiger charge is 2.26. The van der Waals surface area contributed by atoms with Crippen LogP contribution in [0.2, 0.25) is 0 Å². The molecule has 2 aromatic heterocycles. The van der Waals surface area contributed by atoms with Crippen LogP contribution in [0.3, 0.4) is 0 Å². The van der Waals surface area contributed by atoms with Gasteiger partial charge in [-0.15, -0.1) is 0 Å². The van der Waals surface area contributed by atoms with Gasteiger partial charge in [0.1, 0.15) is 11.5 Å². The lowest BCUT2D eigenvalue weighted by Crippen LogP contribution is -1.99. The Balaban J connectivity index is 1.83. The highest BCUT2D eigenvalue weighted by molar-refractivity contribution is 5.85. The summed E-state index contributed by atoms with van der Waals surface area (Å²) in [7, 11) is 0. The van der Waals surface area contributed by atoms with Crippen molar-refractivity contribution in [2.24, 2.45) is 0 Å². The van der Waals surface area contributed by atoms with Crippen LogP contribution in [0.25, 0.3) is 22.2 Å². The third-order valence-electron chi connectivity index (χ3n) is 3.87. The summed E-state index contributed by atoms with van der Waals surface area (Å²) in [6, 6.07) is 10.9. The molecule has 0 amide bonds. The van der Waals surface area contributed by atoms with Crippen LogP contribution in [0.15, 0.2) is 36.7 Å². The molecule has 0 atom stereocenters. The van der Waals surface area contributed by atoms with Gasteiger partial charge in [-0.3, -0.25) is 4.98 Å². The molecule has 4 rings (SSSR count). The van der Waals surface area contributed by atoms with Crippen molar-refractivity contribution in [1.82, 2.24) is 14.5 Å². The number of nitrogens with zero attached hydrogens (tertiary/aromatic N) is 3. The Morgan fingerprint density at radius 3 is 2.85 bits per heavy atom. The average Bonchev–Trinajstić information content (AvgIpc) is 3.22. The summed E-state index contributed by atoms with van der Waals surface area (Å²) in [5, 5.41) is 1.12. The monoisotopic (exact) mass is 264 g/mol. The lowest BCUT2D eigenvalue weighted by atomic mass is 10.1. The summed E-state index contributed by atoms with van der Waals surface area (Å²) in [6.07, 6.45) is 4.28. The Morgan fingerprint density at radius 1 is 1.20 bits per heavy atom. The van der Waals surface area contributed by atoms with E-state index in [0.29, 0.717) is 6.04 Å². The predicted molar refractivity (Wildman–Crippen MR) is 80.4 cm³/mol. The quantitative estimate of drug-likeness (QED) is 0.772. The van der Waals surface area contributed by atoms with E-state index in [-0.39, 0.29) is 0 Å². The van der Waals surface area contributed by atoms with E-state index in [1.54, 1.807) is 0 Å². The van der Waals surface area contributed by atoms with E-state index in [4.69, 9.17) is 5.73 Å². The highest BCUT2D eigenvalue weighted by atomic mass is 15.2. The molecule has 1 saturated carbocycles. The largest absolute Gasteiger partial charge is 0.383 e. The van der Waals surface area contributed by atoms with Crippen molar-refractivity contribution in [3.8, 4) is 11.3 Å². The number of pyridine rings is 1. The van der Waals surface area contributed by atoms with Gasteiger partial charge >= 0.3 is 0 Å². The summed E-state index contributed by atoms with van der Waals surface area (Å²) in [4.78, 5) is 9.01. The summed E-state index contributed by atoms with van der Waals surface area (Å²) >= 11 is 0. The molecule has 1 aliphatic rings. The minimum atomic E-state index is 0.557. The van der Waals surface area contributed by atoms with E-state index < -0.39 is 0 Å². The van der Waals surface area contributed by atoms with Crippen LogP contribution in [0.1, 0.15) is 24.6 Å². The molecule has 1 aliphatic carbocycles. The normalized spacial score (nSPS) is 14.8. The van der Waals surface area contributed by atoms with Gasteiger partial charge in [0.15, 0.2) is 0 Å². The molecule has 4 nitrogen and oxygen atoms in total. The SMILES string of the molecule is Cc1ccc2cc(-c3ncn(C4CC4)c3N)ccc2n1. The van der Waals surface area contributed by atoms with E-state index in [1.165, 1.54) is 12.8 Å². The Morgan fingerprint density at radius 2 is 2.05 bits per heavy atom. The number of hydrogen-bond donors (Lipinski definition) is 1.